The Hall–Kier alpha value is -1.02. The first-order chi connectivity index (χ1) is 33.5. The largest absolute Gasteiger partial charge is 0.756 e. The Morgan fingerprint density at radius 1 is 0.493 bits per heavy atom. The molecule has 3 unspecified atom stereocenters. The molecule has 0 saturated heterocycles. The van der Waals surface area contributed by atoms with Crippen LogP contribution in [-0.2, 0) is 18.4 Å². The molecule has 0 rings (SSSR count). The van der Waals surface area contributed by atoms with E-state index in [1.807, 2.05) is 27.2 Å². The monoisotopic (exact) mass is 995 g/mol. The summed E-state index contributed by atoms with van der Waals surface area (Å²) in [6.07, 6.45) is 65.4. The highest BCUT2D eigenvalue weighted by Crippen LogP contribution is 2.38. The van der Waals surface area contributed by atoms with Crippen LogP contribution in [0.2, 0.25) is 0 Å². The Balaban J connectivity index is 4.18. The number of hydrogen-bond acceptors (Lipinski definition) is 6. The number of nitrogens with one attached hydrogen (secondary N) is 1. The molecule has 0 aliphatic heterocycles. The Morgan fingerprint density at radius 2 is 0.797 bits per heavy atom. The SMILES string of the molecule is CCCCCCCCCCCCCC/C=C\CCCCCCCCCCC(=O)NC(COP(=O)([O-])OCC[N+](C)(C)C)C(O)/C=C/CCCCCCCCCCCCCCCCCCCCCCC. The fraction of sp³-hybridized carbons (Fsp3) is 0.917. The highest BCUT2D eigenvalue weighted by Gasteiger charge is 2.23. The predicted molar refractivity (Wildman–Crippen MR) is 298 cm³/mol. The van der Waals surface area contributed by atoms with Gasteiger partial charge in [-0.15, -0.1) is 0 Å². The number of likely N-dealkylation sites (N-methyl/N-ethyl adjacent to an activating group) is 1. The molecule has 0 fully saturated rings. The molecule has 0 aliphatic rings. The molecular weight excluding hydrogens is 876 g/mol. The van der Waals surface area contributed by atoms with Crippen LogP contribution >= 0.6 is 7.82 Å². The summed E-state index contributed by atoms with van der Waals surface area (Å²) in [6, 6.07) is -0.887. The molecule has 69 heavy (non-hydrogen) atoms. The van der Waals surface area contributed by atoms with Gasteiger partial charge in [-0.3, -0.25) is 9.36 Å². The summed E-state index contributed by atoms with van der Waals surface area (Å²) < 4.78 is 23.4. The summed E-state index contributed by atoms with van der Waals surface area (Å²) in [5.74, 6) is -0.195. The maximum atomic E-state index is 13.0. The summed E-state index contributed by atoms with van der Waals surface area (Å²) in [6.45, 7) is 4.70. The number of aliphatic hydroxyl groups excluding tert-OH is 1. The van der Waals surface area contributed by atoms with Crippen molar-refractivity contribution in [3.8, 4) is 0 Å². The zero-order chi connectivity index (χ0) is 50.6. The van der Waals surface area contributed by atoms with E-state index >= 15 is 0 Å². The number of phosphoric acid groups is 1. The van der Waals surface area contributed by atoms with Crippen molar-refractivity contribution in [1.29, 1.82) is 0 Å². The molecular formula is C60H119N2O6P. The van der Waals surface area contributed by atoms with Crippen molar-refractivity contribution in [2.24, 2.45) is 0 Å². The van der Waals surface area contributed by atoms with Gasteiger partial charge in [0.05, 0.1) is 39.9 Å². The number of phosphoric ester groups is 1. The number of quaternary nitrogens is 1. The van der Waals surface area contributed by atoms with Gasteiger partial charge in [0.15, 0.2) is 0 Å². The van der Waals surface area contributed by atoms with Crippen LogP contribution in [0.25, 0.3) is 0 Å². The number of amides is 1. The van der Waals surface area contributed by atoms with Gasteiger partial charge < -0.3 is 28.8 Å². The molecule has 0 aromatic rings. The van der Waals surface area contributed by atoms with Crippen LogP contribution in [0.5, 0.6) is 0 Å². The third-order valence-corrected chi connectivity index (χ3v) is 14.9. The van der Waals surface area contributed by atoms with Crippen molar-refractivity contribution in [3.63, 3.8) is 0 Å². The van der Waals surface area contributed by atoms with E-state index in [1.54, 1.807) is 6.08 Å². The molecule has 0 aromatic heterocycles. The second kappa shape index (κ2) is 51.9. The van der Waals surface area contributed by atoms with Crippen molar-refractivity contribution in [2.75, 3.05) is 40.9 Å². The lowest BCUT2D eigenvalue weighted by molar-refractivity contribution is -0.870. The number of allylic oxidation sites excluding steroid dienone is 3. The van der Waals surface area contributed by atoms with Crippen molar-refractivity contribution in [1.82, 2.24) is 5.32 Å². The lowest BCUT2D eigenvalue weighted by Gasteiger charge is -2.29. The fourth-order valence-corrected chi connectivity index (χ4v) is 9.87. The maximum absolute atomic E-state index is 13.0. The Labute approximate surface area is 430 Å². The second-order valence-electron chi connectivity index (χ2n) is 22.1. The fourth-order valence-electron chi connectivity index (χ4n) is 9.15. The summed E-state index contributed by atoms with van der Waals surface area (Å²) in [4.78, 5) is 25.5. The van der Waals surface area contributed by atoms with E-state index in [0.717, 1.165) is 38.5 Å². The molecule has 2 N–H and O–H groups in total. The van der Waals surface area contributed by atoms with Gasteiger partial charge in [-0.25, -0.2) is 0 Å². The van der Waals surface area contributed by atoms with Gasteiger partial charge in [-0.1, -0.05) is 276 Å². The van der Waals surface area contributed by atoms with Crippen LogP contribution in [0.15, 0.2) is 24.3 Å². The van der Waals surface area contributed by atoms with Gasteiger partial charge >= 0.3 is 0 Å². The highest BCUT2D eigenvalue weighted by atomic mass is 31.2. The van der Waals surface area contributed by atoms with Gasteiger partial charge in [0.25, 0.3) is 7.82 Å². The average Bonchev–Trinajstić information content (AvgIpc) is 3.31. The van der Waals surface area contributed by atoms with Crippen LogP contribution < -0.4 is 10.2 Å². The lowest BCUT2D eigenvalue weighted by atomic mass is 10.0. The number of unbranched alkanes of at least 4 members (excludes halogenated alkanes) is 41. The smallest absolute Gasteiger partial charge is 0.268 e. The molecule has 3 atom stereocenters. The Bertz CT molecular complexity index is 1170. The highest BCUT2D eigenvalue weighted by molar-refractivity contribution is 7.45. The molecule has 0 radical (unpaired) electrons. The maximum Gasteiger partial charge on any atom is 0.268 e. The third-order valence-electron chi connectivity index (χ3n) is 13.9. The van der Waals surface area contributed by atoms with Crippen LogP contribution in [-0.4, -0.2) is 68.5 Å². The summed E-state index contributed by atoms with van der Waals surface area (Å²) in [7, 11) is 1.27. The molecule has 9 heteroatoms. The van der Waals surface area contributed by atoms with Crippen molar-refractivity contribution < 1.29 is 32.9 Å². The van der Waals surface area contributed by atoms with Crippen LogP contribution in [0.1, 0.15) is 303 Å². The Morgan fingerprint density at radius 3 is 1.13 bits per heavy atom. The second-order valence-corrected chi connectivity index (χ2v) is 23.5. The quantitative estimate of drug-likeness (QED) is 0.0272. The van der Waals surface area contributed by atoms with Gasteiger partial charge in [-0.2, -0.15) is 0 Å². The number of hydrogen-bond donors (Lipinski definition) is 2. The molecule has 0 bridgehead atoms. The van der Waals surface area contributed by atoms with E-state index in [9.17, 15) is 19.4 Å². The average molecular weight is 996 g/mol. The van der Waals surface area contributed by atoms with E-state index < -0.39 is 20.0 Å². The standard InChI is InChI=1S/C60H119N2O6P/c1-6-8-10-12-14-16-18-20-22-24-26-28-30-32-34-36-38-40-42-44-46-48-50-52-54-60(64)61-58(57-68-69(65,66)67-56-55-62(3,4)5)59(63)53-51-49-47-45-43-41-39-37-35-33-31-29-27-25-23-21-19-17-15-13-11-9-7-2/h32,34,51,53,58-59,63H,6-31,33,35-50,52,54-57H2,1-5H3,(H-,61,64,65,66)/b34-32-,53-51+. The first-order valence-corrected chi connectivity index (χ1v) is 31.7. The van der Waals surface area contributed by atoms with Crippen LogP contribution in [0.3, 0.4) is 0 Å². The molecule has 0 aliphatic carbocycles. The first-order valence-electron chi connectivity index (χ1n) is 30.2. The minimum Gasteiger partial charge on any atom is -0.756 e. The summed E-state index contributed by atoms with van der Waals surface area (Å²) in [5.41, 5.74) is 0. The molecule has 0 aromatic carbocycles. The van der Waals surface area contributed by atoms with E-state index in [0.29, 0.717) is 17.4 Å². The Kier molecular flexibility index (Phi) is 51.1. The normalized spacial score (nSPS) is 14.0. The lowest BCUT2D eigenvalue weighted by Crippen LogP contribution is -2.45. The summed E-state index contributed by atoms with van der Waals surface area (Å²) in [5, 5.41) is 13.9. The molecule has 0 heterocycles. The van der Waals surface area contributed by atoms with Crippen molar-refractivity contribution in [3.05, 3.63) is 24.3 Å². The molecule has 410 valence electrons. The number of nitrogens with zero attached hydrogens (tertiary/aromatic N) is 1. The molecule has 8 nitrogen and oxygen atoms in total. The minimum absolute atomic E-state index is 0.000174. The number of carbonyl (C=O) groups is 1. The zero-order valence-corrected chi connectivity index (χ0v) is 47.7. The topological polar surface area (TPSA) is 108 Å². The minimum atomic E-state index is -4.60. The first kappa shape index (κ1) is 68.0. The van der Waals surface area contributed by atoms with E-state index in [-0.39, 0.29) is 19.1 Å². The van der Waals surface area contributed by atoms with Gasteiger partial charge in [-0.05, 0) is 44.9 Å². The number of carbonyl (C=O) groups excluding carboxylic acids is 1. The zero-order valence-electron chi connectivity index (χ0n) is 46.8. The summed E-state index contributed by atoms with van der Waals surface area (Å²) >= 11 is 0. The van der Waals surface area contributed by atoms with Gasteiger partial charge in [0, 0.05) is 6.42 Å². The number of rotatable bonds is 56. The van der Waals surface area contributed by atoms with Crippen molar-refractivity contribution in [2.45, 2.75) is 315 Å². The predicted octanol–water partition coefficient (Wildman–Crippen LogP) is 17.7. The van der Waals surface area contributed by atoms with E-state index in [1.165, 1.54) is 244 Å². The number of aliphatic hydroxyl groups is 1. The van der Waals surface area contributed by atoms with Crippen LogP contribution in [0.4, 0.5) is 0 Å². The third kappa shape index (κ3) is 54.6. The van der Waals surface area contributed by atoms with Crippen LogP contribution in [0, 0.1) is 0 Å². The van der Waals surface area contributed by atoms with E-state index in [4.69, 9.17) is 9.05 Å². The molecule has 0 saturated carbocycles. The van der Waals surface area contributed by atoms with E-state index in [2.05, 4.69) is 31.3 Å². The molecule has 1 amide bonds. The molecule has 0 spiro atoms. The van der Waals surface area contributed by atoms with Gasteiger partial charge in [0.2, 0.25) is 5.91 Å². The van der Waals surface area contributed by atoms with Gasteiger partial charge in [0.1, 0.15) is 13.2 Å². The van der Waals surface area contributed by atoms with Crippen molar-refractivity contribution >= 4 is 13.7 Å².